The summed E-state index contributed by atoms with van der Waals surface area (Å²) >= 11 is 12.5. The van der Waals surface area contributed by atoms with Crippen molar-refractivity contribution in [1.29, 1.82) is 0 Å². The Balaban J connectivity index is 2.40. The van der Waals surface area contributed by atoms with Gasteiger partial charge in [0.1, 0.15) is 5.69 Å². The van der Waals surface area contributed by atoms with E-state index in [1.54, 1.807) is 0 Å². The molecule has 5 heteroatoms. The van der Waals surface area contributed by atoms with Gasteiger partial charge in [-0.25, -0.2) is 0 Å². The molecule has 2 rings (SSSR count). The van der Waals surface area contributed by atoms with Crippen molar-refractivity contribution in [3.63, 3.8) is 0 Å². The van der Waals surface area contributed by atoms with Crippen LogP contribution in [0.25, 0.3) is 11.3 Å². The van der Waals surface area contributed by atoms with Crippen molar-refractivity contribution in [2.24, 2.45) is 0 Å². The lowest BCUT2D eigenvalue weighted by atomic mass is 10.1. The predicted molar refractivity (Wildman–Crippen MR) is 66.9 cm³/mol. The van der Waals surface area contributed by atoms with Crippen LogP contribution < -0.4 is 0 Å². The molecule has 78 valence electrons. The Labute approximate surface area is 109 Å². The molecule has 0 saturated carbocycles. The first kappa shape index (κ1) is 11.2. The van der Waals surface area contributed by atoms with Gasteiger partial charge in [-0.3, -0.25) is 0 Å². The molecule has 0 fully saturated rings. The van der Waals surface area contributed by atoms with Crippen molar-refractivity contribution >= 4 is 43.5 Å². The van der Waals surface area contributed by atoms with Crippen molar-refractivity contribution in [1.82, 2.24) is 5.16 Å². The van der Waals surface area contributed by atoms with E-state index in [1.807, 2.05) is 24.3 Å². The third-order valence-corrected chi connectivity index (χ3v) is 4.05. The molecule has 0 unspecified atom stereocenters. The van der Waals surface area contributed by atoms with Crippen LogP contribution in [0.3, 0.4) is 0 Å². The molecular weight excluding hydrogens is 345 g/mol. The number of aromatic nitrogens is 1. The number of alkyl halides is 1. The van der Waals surface area contributed by atoms with E-state index in [0.29, 0.717) is 11.6 Å². The zero-order valence-electron chi connectivity index (χ0n) is 7.51. The molecule has 0 aliphatic heterocycles. The van der Waals surface area contributed by atoms with Crippen LogP contribution in [0.4, 0.5) is 0 Å². The largest absolute Gasteiger partial charge is 0.359 e. The second-order valence-corrected chi connectivity index (χ2v) is 4.92. The Morgan fingerprint density at radius 3 is 2.60 bits per heavy atom. The first-order chi connectivity index (χ1) is 7.20. The molecule has 15 heavy (non-hydrogen) atoms. The molecule has 1 aromatic heterocycles. The van der Waals surface area contributed by atoms with Crippen LogP contribution in [-0.2, 0) is 5.88 Å². The molecule has 2 aromatic rings. The van der Waals surface area contributed by atoms with E-state index in [0.717, 1.165) is 20.2 Å². The van der Waals surface area contributed by atoms with E-state index in [2.05, 4.69) is 37.0 Å². The minimum absolute atomic E-state index is 0.338. The van der Waals surface area contributed by atoms with Gasteiger partial charge < -0.3 is 4.52 Å². The molecule has 2 nitrogen and oxygen atoms in total. The summed E-state index contributed by atoms with van der Waals surface area (Å²) in [5.74, 6) is 1.01. The van der Waals surface area contributed by atoms with E-state index in [9.17, 15) is 0 Å². The maximum Gasteiger partial charge on any atom is 0.152 e. The Morgan fingerprint density at radius 2 is 2.00 bits per heavy atom. The van der Waals surface area contributed by atoms with Crippen LogP contribution in [0.5, 0.6) is 0 Å². The van der Waals surface area contributed by atoms with Crippen molar-refractivity contribution in [2.75, 3.05) is 0 Å². The van der Waals surface area contributed by atoms with Crippen LogP contribution in [0.1, 0.15) is 5.76 Å². The molecule has 0 aliphatic rings. The fraction of sp³-hybridized carbons (Fsp3) is 0.100. The molecule has 0 amide bonds. The SMILES string of the molecule is ClCc1cc(-c2ccc(Br)c(Br)c2)no1. The zero-order valence-corrected chi connectivity index (χ0v) is 11.4. The van der Waals surface area contributed by atoms with Gasteiger partial charge in [0.25, 0.3) is 0 Å². The van der Waals surface area contributed by atoms with Gasteiger partial charge in [0.05, 0.1) is 5.88 Å². The molecule has 0 radical (unpaired) electrons. The molecule has 0 bridgehead atoms. The Kier molecular flexibility index (Phi) is 3.49. The Bertz CT molecular complexity index is 484. The van der Waals surface area contributed by atoms with Gasteiger partial charge >= 0.3 is 0 Å². The molecule has 0 saturated heterocycles. The van der Waals surface area contributed by atoms with E-state index in [-0.39, 0.29) is 0 Å². The molecule has 1 aromatic carbocycles. The fourth-order valence-electron chi connectivity index (χ4n) is 1.17. The van der Waals surface area contributed by atoms with Crippen LogP contribution in [0.15, 0.2) is 37.7 Å². The summed E-state index contributed by atoms with van der Waals surface area (Å²) in [4.78, 5) is 0. The Hall–Kier alpha value is -0.320. The maximum atomic E-state index is 5.63. The number of hydrogen-bond donors (Lipinski definition) is 0. The molecule has 1 heterocycles. The minimum Gasteiger partial charge on any atom is -0.359 e. The van der Waals surface area contributed by atoms with E-state index in [4.69, 9.17) is 16.1 Å². The van der Waals surface area contributed by atoms with Crippen molar-refractivity contribution in [3.05, 3.63) is 39.0 Å². The predicted octanol–water partition coefficient (Wildman–Crippen LogP) is 4.61. The highest BCUT2D eigenvalue weighted by molar-refractivity contribution is 9.13. The van der Waals surface area contributed by atoms with Gasteiger partial charge in [-0.2, -0.15) is 0 Å². The lowest BCUT2D eigenvalue weighted by Gasteiger charge is -1.98. The van der Waals surface area contributed by atoms with E-state index < -0.39 is 0 Å². The van der Waals surface area contributed by atoms with Gasteiger partial charge in [0, 0.05) is 20.6 Å². The highest BCUT2D eigenvalue weighted by Crippen LogP contribution is 2.29. The quantitative estimate of drug-likeness (QED) is 0.739. The second kappa shape index (κ2) is 4.68. The first-order valence-electron chi connectivity index (χ1n) is 4.17. The summed E-state index contributed by atoms with van der Waals surface area (Å²) in [7, 11) is 0. The molecular formula is C10H6Br2ClNO. The average molecular weight is 351 g/mol. The summed E-state index contributed by atoms with van der Waals surface area (Å²) in [6.07, 6.45) is 0. The van der Waals surface area contributed by atoms with Crippen molar-refractivity contribution in [3.8, 4) is 11.3 Å². The normalized spacial score (nSPS) is 10.6. The topological polar surface area (TPSA) is 26.0 Å². The molecule has 0 N–H and O–H groups in total. The number of hydrogen-bond acceptors (Lipinski definition) is 2. The third kappa shape index (κ3) is 2.44. The van der Waals surface area contributed by atoms with Crippen LogP contribution in [0.2, 0.25) is 0 Å². The summed E-state index contributed by atoms with van der Waals surface area (Å²) in [5.41, 5.74) is 1.78. The van der Waals surface area contributed by atoms with Crippen molar-refractivity contribution < 1.29 is 4.52 Å². The summed E-state index contributed by atoms with van der Waals surface area (Å²) < 4.78 is 7.02. The summed E-state index contributed by atoms with van der Waals surface area (Å²) in [6.45, 7) is 0. The molecule has 0 atom stereocenters. The van der Waals surface area contributed by atoms with Gasteiger partial charge in [-0.1, -0.05) is 11.2 Å². The molecule has 0 spiro atoms. The maximum absolute atomic E-state index is 5.63. The monoisotopic (exact) mass is 349 g/mol. The Morgan fingerprint density at radius 1 is 1.20 bits per heavy atom. The van der Waals surface area contributed by atoms with E-state index in [1.165, 1.54) is 0 Å². The number of nitrogens with zero attached hydrogens (tertiary/aromatic N) is 1. The summed E-state index contributed by atoms with van der Waals surface area (Å²) in [5, 5.41) is 3.93. The average Bonchev–Trinajstić information content (AvgIpc) is 2.70. The molecule has 0 aliphatic carbocycles. The van der Waals surface area contributed by atoms with Crippen molar-refractivity contribution in [2.45, 2.75) is 5.88 Å². The fourth-order valence-corrected chi connectivity index (χ4v) is 1.92. The van der Waals surface area contributed by atoms with Crippen LogP contribution in [0, 0.1) is 0 Å². The highest BCUT2D eigenvalue weighted by Gasteiger charge is 2.07. The standard InChI is InChI=1S/C10H6Br2ClNO/c11-8-2-1-6(3-9(8)12)10-4-7(5-13)15-14-10/h1-4H,5H2. The zero-order chi connectivity index (χ0) is 10.8. The highest BCUT2D eigenvalue weighted by atomic mass is 79.9. The summed E-state index contributed by atoms with van der Waals surface area (Å²) in [6, 6.07) is 7.72. The lowest BCUT2D eigenvalue weighted by molar-refractivity contribution is 0.396. The first-order valence-corrected chi connectivity index (χ1v) is 6.29. The minimum atomic E-state index is 0.338. The second-order valence-electron chi connectivity index (χ2n) is 2.94. The van der Waals surface area contributed by atoms with Gasteiger partial charge in [-0.15, -0.1) is 11.6 Å². The third-order valence-electron chi connectivity index (χ3n) is 1.91. The smallest absolute Gasteiger partial charge is 0.152 e. The lowest BCUT2D eigenvalue weighted by Crippen LogP contribution is -1.77. The number of halogens is 3. The number of rotatable bonds is 2. The number of benzene rings is 1. The van der Waals surface area contributed by atoms with Crippen LogP contribution >= 0.6 is 43.5 Å². The van der Waals surface area contributed by atoms with Gasteiger partial charge in [0.15, 0.2) is 5.76 Å². The van der Waals surface area contributed by atoms with Crippen LogP contribution in [-0.4, -0.2) is 5.16 Å². The van der Waals surface area contributed by atoms with Gasteiger partial charge in [0.2, 0.25) is 0 Å². The van der Waals surface area contributed by atoms with E-state index >= 15 is 0 Å². The van der Waals surface area contributed by atoms with Gasteiger partial charge in [-0.05, 0) is 44.0 Å².